The average molecular weight is 821 g/mol. The van der Waals surface area contributed by atoms with Crippen LogP contribution in [0.5, 0.6) is 0 Å². The summed E-state index contributed by atoms with van der Waals surface area (Å²) in [5.41, 5.74) is 7.72. The van der Waals surface area contributed by atoms with Crippen molar-refractivity contribution in [2.45, 2.75) is 0 Å². The third kappa shape index (κ3) is 5.13. The summed E-state index contributed by atoms with van der Waals surface area (Å²) in [6.07, 6.45) is 0. The highest BCUT2D eigenvalue weighted by Gasteiger charge is 2.23. The summed E-state index contributed by atoms with van der Waals surface area (Å²) < 4.78 is 12.0. The summed E-state index contributed by atoms with van der Waals surface area (Å²) in [6.45, 7) is 0. The first-order valence-corrected chi connectivity index (χ1v) is 22.0. The van der Waals surface area contributed by atoms with Crippen molar-refractivity contribution >= 4 is 108 Å². The molecular formula is C57H32N4OS. The van der Waals surface area contributed by atoms with E-state index in [4.69, 9.17) is 19.4 Å². The molecule has 0 N–H and O–H groups in total. The first-order valence-electron chi connectivity index (χ1n) is 21.2. The summed E-state index contributed by atoms with van der Waals surface area (Å²) in [6, 6.07) is 69.2. The van der Waals surface area contributed by atoms with Gasteiger partial charge in [-0.2, -0.15) is 0 Å². The second-order valence-electron chi connectivity index (χ2n) is 16.3. The van der Waals surface area contributed by atoms with Crippen LogP contribution in [0.15, 0.2) is 199 Å². The Morgan fingerprint density at radius 1 is 0.365 bits per heavy atom. The van der Waals surface area contributed by atoms with Crippen LogP contribution in [0, 0.1) is 0 Å². The van der Waals surface area contributed by atoms with E-state index < -0.39 is 0 Å². The summed E-state index contributed by atoms with van der Waals surface area (Å²) in [5, 5.41) is 13.9. The molecule has 0 radical (unpaired) electrons. The van der Waals surface area contributed by atoms with E-state index in [9.17, 15) is 0 Å². The maximum atomic E-state index is 7.11. The third-order valence-electron chi connectivity index (χ3n) is 12.8. The molecule has 0 bridgehead atoms. The predicted molar refractivity (Wildman–Crippen MR) is 263 cm³/mol. The molecule has 0 aliphatic rings. The zero-order valence-corrected chi connectivity index (χ0v) is 34.4. The molecule has 0 aliphatic heterocycles. The lowest BCUT2D eigenvalue weighted by atomic mass is 10.0. The largest absolute Gasteiger partial charge is 0.455 e. The average Bonchev–Trinajstić information content (AvgIpc) is 4.02. The maximum absolute atomic E-state index is 7.11. The minimum atomic E-state index is 0.562. The van der Waals surface area contributed by atoms with E-state index in [1.807, 2.05) is 18.2 Å². The van der Waals surface area contributed by atoms with E-state index in [0.717, 1.165) is 70.8 Å². The first kappa shape index (κ1) is 34.5. The number of fused-ring (bicyclic) bond motifs is 13. The number of hydrogen-bond acceptors (Lipinski definition) is 5. The Morgan fingerprint density at radius 2 is 0.889 bits per heavy atom. The zero-order valence-electron chi connectivity index (χ0n) is 33.6. The maximum Gasteiger partial charge on any atom is 0.167 e. The molecule has 10 aromatic carbocycles. The van der Waals surface area contributed by atoms with Gasteiger partial charge in [0.2, 0.25) is 0 Å². The second kappa shape index (κ2) is 13.2. The molecule has 63 heavy (non-hydrogen) atoms. The van der Waals surface area contributed by atoms with Gasteiger partial charge in [-0.1, -0.05) is 146 Å². The van der Waals surface area contributed by atoms with Crippen molar-refractivity contribution in [3.8, 4) is 39.9 Å². The van der Waals surface area contributed by atoms with Crippen molar-refractivity contribution in [3.05, 3.63) is 194 Å². The summed E-state index contributed by atoms with van der Waals surface area (Å²) in [5.74, 6) is 1.80. The number of nitrogens with zero attached hydrogens (tertiary/aromatic N) is 4. The lowest BCUT2D eigenvalue weighted by Gasteiger charge is -2.13. The van der Waals surface area contributed by atoms with Gasteiger partial charge in [-0.3, -0.25) is 0 Å². The summed E-state index contributed by atoms with van der Waals surface area (Å²) in [4.78, 5) is 15.7. The summed E-state index contributed by atoms with van der Waals surface area (Å²) >= 11 is 1.77. The highest BCUT2D eigenvalue weighted by atomic mass is 32.1. The monoisotopic (exact) mass is 820 g/mol. The van der Waals surface area contributed by atoms with Crippen LogP contribution in [-0.4, -0.2) is 19.5 Å². The molecule has 0 unspecified atom stereocenters. The Morgan fingerprint density at radius 3 is 1.60 bits per heavy atom. The Labute approximate surface area is 363 Å². The number of thiophene rings is 1. The molecule has 6 heteroatoms. The SMILES string of the molecule is c1ccc(-c2nc(-c3cccc4c3oc3c5ccccc5c(-n5c6cc7ccccc7cc6c6cc7ccccc7cc65)cc43)nc(-c3cccc4c3sc3ccccc34)n2)cc1. The van der Waals surface area contributed by atoms with Gasteiger partial charge >= 0.3 is 0 Å². The molecule has 14 rings (SSSR count). The minimum Gasteiger partial charge on any atom is -0.455 e. The number of para-hydroxylation sites is 1. The molecule has 0 aliphatic carbocycles. The standard InChI is InChI=1S/C57H32N4OS/c1-2-14-33(15-3-1)55-58-56(60-57(59-55)44-26-13-24-42-39-21-10-11-27-51(39)63-54(42)44)43-25-12-23-41-47-32-50(38-20-8-9-22-40(38)53(47)62-52(41)43)61-48-30-36-18-6-4-16-34(36)28-45(48)46-29-35-17-5-7-19-37(35)31-49(46)61/h1-32H. The molecular weight excluding hydrogens is 789 g/mol. The van der Waals surface area contributed by atoms with E-state index in [2.05, 4.69) is 180 Å². The normalized spacial score (nSPS) is 12.1. The molecule has 0 amide bonds. The Hall–Kier alpha value is -8.19. The topological polar surface area (TPSA) is 56.7 Å². The van der Waals surface area contributed by atoms with Crippen LogP contribution in [0.25, 0.3) is 136 Å². The molecule has 292 valence electrons. The molecule has 0 saturated heterocycles. The smallest absolute Gasteiger partial charge is 0.167 e. The second-order valence-corrected chi connectivity index (χ2v) is 17.4. The van der Waals surface area contributed by atoms with E-state index in [1.54, 1.807) is 11.3 Å². The van der Waals surface area contributed by atoms with Crippen molar-refractivity contribution < 1.29 is 4.42 Å². The van der Waals surface area contributed by atoms with E-state index in [-0.39, 0.29) is 0 Å². The van der Waals surface area contributed by atoms with Gasteiger partial charge < -0.3 is 8.98 Å². The number of rotatable bonds is 4. The fraction of sp³-hybridized carbons (Fsp3) is 0. The van der Waals surface area contributed by atoms with Crippen molar-refractivity contribution in [1.82, 2.24) is 19.5 Å². The minimum absolute atomic E-state index is 0.562. The Bertz CT molecular complexity index is 4130. The van der Waals surface area contributed by atoms with Crippen LogP contribution in [0.4, 0.5) is 0 Å². The quantitative estimate of drug-likeness (QED) is 0.177. The van der Waals surface area contributed by atoms with Crippen molar-refractivity contribution in [2.75, 3.05) is 0 Å². The molecule has 5 nitrogen and oxygen atoms in total. The van der Waals surface area contributed by atoms with Gasteiger partial charge in [0.05, 0.1) is 22.3 Å². The highest BCUT2D eigenvalue weighted by Crippen LogP contribution is 2.45. The number of hydrogen-bond donors (Lipinski definition) is 0. The molecule has 0 spiro atoms. The molecule has 0 saturated carbocycles. The Balaban J connectivity index is 1.05. The van der Waals surface area contributed by atoms with Gasteiger partial charge in [0.25, 0.3) is 0 Å². The van der Waals surface area contributed by atoms with Crippen LogP contribution in [0.2, 0.25) is 0 Å². The van der Waals surface area contributed by atoms with Crippen LogP contribution >= 0.6 is 11.3 Å². The molecule has 4 aromatic heterocycles. The summed E-state index contributed by atoms with van der Waals surface area (Å²) in [7, 11) is 0. The number of aromatic nitrogens is 4. The molecule has 0 atom stereocenters. The fourth-order valence-electron chi connectivity index (χ4n) is 9.87. The van der Waals surface area contributed by atoms with Gasteiger partial charge in [0.1, 0.15) is 11.2 Å². The van der Waals surface area contributed by atoms with Gasteiger partial charge in [-0.05, 0) is 70.1 Å². The van der Waals surface area contributed by atoms with Crippen molar-refractivity contribution in [3.63, 3.8) is 0 Å². The van der Waals surface area contributed by atoms with Crippen LogP contribution in [-0.2, 0) is 0 Å². The third-order valence-corrected chi connectivity index (χ3v) is 14.0. The first-order chi connectivity index (χ1) is 31.2. The van der Waals surface area contributed by atoms with E-state index >= 15 is 0 Å². The van der Waals surface area contributed by atoms with Crippen LogP contribution in [0.1, 0.15) is 0 Å². The van der Waals surface area contributed by atoms with E-state index in [0.29, 0.717) is 17.5 Å². The number of benzene rings is 10. The predicted octanol–water partition coefficient (Wildman–Crippen LogP) is 15.7. The van der Waals surface area contributed by atoms with Crippen molar-refractivity contribution in [2.24, 2.45) is 0 Å². The Kier molecular flexibility index (Phi) is 7.21. The lowest BCUT2D eigenvalue weighted by molar-refractivity contribution is 0.673. The molecule has 0 fully saturated rings. The van der Waals surface area contributed by atoms with Gasteiger partial charge in [-0.15, -0.1) is 11.3 Å². The lowest BCUT2D eigenvalue weighted by Crippen LogP contribution is -2.00. The molecule has 4 heterocycles. The van der Waals surface area contributed by atoms with Crippen LogP contribution < -0.4 is 0 Å². The van der Waals surface area contributed by atoms with Crippen molar-refractivity contribution in [1.29, 1.82) is 0 Å². The zero-order chi connectivity index (χ0) is 41.2. The number of furan rings is 1. The van der Waals surface area contributed by atoms with Gasteiger partial charge in [0, 0.05) is 63.6 Å². The fourth-order valence-corrected chi connectivity index (χ4v) is 11.1. The van der Waals surface area contributed by atoms with E-state index in [1.165, 1.54) is 47.8 Å². The molecule has 14 aromatic rings. The highest BCUT2D eigenvalue weighted by molar-refractivity contribution is 7.26. The van der Waals surface area contributed by atoms with Gasteiger partial charge in [-0.25, -0.2) is 15.0 Å². The van der Waals surface area contributed by atoms with Crippen LogP contribution in [0.3, 0.4) is 0 Å². The van der Waals surface area contributed by atoms with Gasteiger partial charge in [0.15, 0.2) is 17.5 Å².